The fraction of sp³-hybridized carbons (Fsp3) is 0.200. The standard InChI is InChI=1S/C30H22ClNO7/c1-14-10-16(32-15-8-9-19-20(11-15)27(35)18-7-5-4-6-17(18)26(19)34)12-23(33)30(14)29(36)24-21(37-2)13-22(38-3)25(31)28(24)39-30/h4-9,11-14,32H,10H2,1-3H3. The summed E-state index contributed by atoms with van der Waals surface area (Å²) in [6.07, 6.45) is 1.62. The third-order valence-corrected chi connectivity index (χ3v) is 7.90. The van der Waals surface area contributed by atoms with Crippen LogP contribution < -0.4 is 19.5 Å². The van der Waals surface area contributed by atoms with Crippen molar-refractivity contribution in [2.45, 2.75) is 18.9 Å². The second-order valence-electron chi connectivity index (χ2n) is 9.69. The number of hydrogen-bond donors (Lipinski definition) is 1. The van der Waals surface area contributed by atoms with Gasteiger partial charge in [0.15, 0.2) is 17.3 Å². The number of anilines is 1. The van der Waals surface area contributed by atoms with Gasteiger partial charge in [0.1, 0.15) is 22.1 Å². The molecule has 0 saturated carbocycles. The summed E-state index contributed by atoms with van der Waals surface area (Å²) in [5.41, 5.74) is 0.739. The molecule has 196 valence electrons. The van der Waals surface area contributed by atoms with Gasteiger partial charge in [-0.1, -0.05) is 42.8 Å². The fourth-order valence-corrected chi connectivity index (χ4v) is 5.84. The third-order valence-electron chi connectivity index (χ3n) is 7.54. The van der Waals surface area contributed by atoms with E-state index >= 15 is 0 Å². The van der Waals surface area contributed by atoms with E-state index in [1.807, 2.05) is 0 Å². The van der Waals surface area contributed by atoms with Crippen molar-refractivity contribution in [3.8, 4) is 17.2 Å². The molecule has 3 aromatic rings. The molecule has 3 aliphatic rings. The first-order valence-electron chi connectivity index (χ1n) is 12.2. The lowest BCUT2D eigenvalue weighted by molar-refractivity contribution is -0.129. The van der Waals surface area contributed by atoms with Crippen LogP contribution in [0.25, 0.3) is 0 Å². The topological polar surface area (TPSA) is 108 Å². The number of fused-ring (bicyclic) bond motifs is 3. The zero-order valence-corrected chi connectivity index (χ0v) is 22.0. The highest BCUT2D eigenvalue weighted by Gasteiger charge is 2.60. The molecule has 39 heavy (non-hydrogen) atoms. The van der Waals surface area contributed by atoms with Crippen LogP contribution >= 0.6 is 11.6 Å². The Morgan fingerprint density at radius 1 is 0.897 bits per heavy atom. The lowest BCUT2D eigenvalue weighted by atomic mass is 9.74. The highest BCUT2D eigenvalue weighted by Crippen LogP contribution is 2.53. The number of methoxy groups -OCH3 is 2. The van der Waals surface area contributed by atoms with E-state index in [0.717, 1.165) is 0 Å². The first kappa shape index (κ1) is 24.9. The van der Waals surface area contributed by atoms with Crippen molar-refractivity contribution in [2.24, 2.45) is 5.92 Å². The molecule has 0 radical (unpaired) electrons. The van der Waals surface area contributed by atoms with E-state index in [1.165, 1.54) is 26.4 Å². The zero-order valence-electron chi connectivity index (χ0n) is 21.2. The van der Waals surface area contributed by atoms with Gasteiger partial charge in [0.2, 0.25) is 17.2 Å². The molecule has 1 spiro atoms. The van der Waals surface area contributed by atoms with E-state index in [1.54, 1.807) is 49.4 Å². The Hall–Kier alpha value is -4.43. The molecule has 8 nitrogen and oxygen atoms in total. The van der Waals surface area contributed by atoms with Crippen molar-refractivity contribution < 1.29 is 33.4 Å². The maximum absolute atomic E-state index is 13.7. The number of carbonyl (C=O) groups excluding carboxylic acids is 4. The molecule has 1 N–H and O–H groups in total. The minimum atomic E-state index is -1.79. The van der Waals surface area contributed by atoms with Gasteiger partial charge in [0, 0.05) is 51.7 Å². The number of allylic oxidation sites excluding steroid dienone is 1. The lowest BCUT2D eigenvalue weighted by Gasteiger charge is -2.35. The Balaban J connectivity index is 1.32. The highest BCUT2D eigenvalue weighted by molar-refractivity contribution is 6.36. The summed E-state index contributed by atoms with van der Waals surface area (Å²) < 4.78 is 16.7. The fourth-order valence-electron chi connectivity index (χ4n) is 5.58. The van der Waals surface area contributed by atoms with E-state index in [-0.39, 0.29) is 51.4 Å². The molecule has 2 unspecified atom stereocenters. The molecule has 0 saturated heterocycles. The van der Waals surface area contributed by atoms with Crippen molar-refractivity contribution in [1.82, 2.24) is 0 Å². The molecule has 2 atom stereocenters. The van der Waals surface area contributed by atoms with Gasteiger partial charge in [0.25, 0.3) is 0 Å². The molecular formula is C30H22ClNO7. The third kappa shape index (κ3) is 3.44. The van der Waals surface area contributed by atoms with Crippen molar-refractivity contribution in [3.63, 3.8) is 0 Å². The van der Waals surface area contributed by atoms with Crippen LogP contribution in [-0.2, 0) is 4.79 Å². The zero-order chi connectivity index (χ0) is 27.6. The predicted molar refractivity (Wildman–Crippen MR) is 142 cm³/mol. The molecule has 0 bridgehead atoms. The normalized spacial score (nSPS) is 21.1. The number of nitrogens with one attached hydrogen (secondary N) is 1. The van der Waals surface area contributed by atoms with Crippen LogP contribution in [0.2, 0.25) is 5.02 Å². The molecule has 0 amide bonds. The average Bonchev–Trinajstić information content (AvgIpc) is 3.25. The summed E-state index contributed by atoms with van der Waals surface area (Å²) >= 11 is 6.45. The van der Waals surface area contributed by atoms with Crippen molar-refractivity contribution >= 4 is 40.4 Å². The van der Waals surface area contributed by atoms with Crippen LogP contribution in [-0.4, -0.2) is 43.0 Å². The second kappa shape index (κ2) is 8.81. The quantitative estimate of drug-likeness (QED) is 0.356. The van der Waals surface area contributed by atoms with Crippen LogP contribution in [0.5, 0.6) is 17.2 Å². The Bertz CT molecular complexity index is 1670. The maximum Gasteiger partial charge on any atom is 0.236 e. The van der Waals surface area contributed by atoms with Gasteiger partial charge < -0.3 is 19.5 Å². The molecule has 6 rings (SSSR count). The molecule has 0 fully saturated rings. The molecule has 2 aliphatic carbocycles. The van der Waals surface area contributed by atoms with Gasteiger partial charge in [-0.25, -0.2) is 0 Å². The molecule has 1 heterocycles. The van der Waals surface area contributed by atoms with Crippen LogP contribution in [0.3, 0.4) is 0 Å². The van der Waals surface area contributed by atoms with Crippen molar-refractivity contribution in [2.75, 3.05) is 19.5 Å². The number of Topliss-reactive ketones (excluding diaryl/α,β-unsaturated/α-hetero) is 1. The van der Waals surface area contributed by atoms with Crippen molar-refractivity contribution in [3.05, 3.63) is 93.1 Å². The predicted octanol–water partition coefficient (Wildman–Crippen LogP) is 5.05. The Kier molecular flexibility index (Phi) is 5.62. The molecule has 3 aromatic carbocycles. The molecule has 1 aliphatic heterocycles. The second-order valence-corrected chi connectivity index (χ2v) is 10.1. The smallest absolute Gasteiger partial charge is 0.236 e. The van der Waals surface area contributed by atoms with Gasteiger partial charge in [0.05, 0.1) is 14.2 Å². The molecular weight excluding hydrogens is 522 g/mol. The van der Waals surface area contributed by atoms with Crippen LogP contribution in [0.1, 0.15) is 55.5 Å². The average molecular weight is 544 g/mol. The molecule has 0 aromatic heterocycles. The largest absolute Gasteiger partial charge is 0.496 e. The molecule has 9 heteroatoms. The first-order valence-corrected chi connectivity index (χ1v) is 12.6. The van der Waals surface area contributed by atoms with E-state index in [2.05, 4.69) is 5.32 Å². The van der Waals surface area contributed by atoms with Crippen LogP contribution in [0.4, 0.5) is 5.69 Å². The van der Waals surface area contributed by atoms with Crippen molar-refractivity contribution in [1.29, 1.82) is 0 Å². The van der Waals surface area contributed by atoms with E-state index in [9.17, 15) is 19.2 Å². The lowest BCUT2D eigenvalue weighted by Crippen LogP contribution is -2.55. The SMILES string of the molecule is COc1cc(OC)c2c(c1Cl)OC1(C(=O)C=C(Nc3ccc4c(c3)C(=O)c3ccccc3C4=O)CC1C)C2=O. The van der Waals surface area contributed by atoms with Gasteiger partial charge in [-0.15, -0.1) is 0 Å². The number of hydrogen-bond acceptors (Lipinski definition) is 8. The number of halogens is 1. The summed E-state index contributed by atoms with van der Waals surface area (Å²) in [5, 5.41) is 3.27. The number of ether oxygens (including phenoxy) is 3. The number of carbonyl (C=O) groups is 4. The minimum absolute atomic E-state index is 0.0565. The van der Waals surface area contributed by atoms with Gasteiger partial charge in [-0.05, 0) is 24.6 Å². The van der Waals surface area contributed by atoms with Crippen LogP contribution in [0.15, 0.2) is 60.3 Å². The van der Waals surface area contributed by atoms with Gasteiger partial charge >= 0.3 is 0 Å². The van der Waals surface area contributed by atoms with Crippen LogP contribution in [0, 0.1) is 5.92 Å². The van der Waals surface area contributed by atoms with Gasteiger partial charge in [-0.3, -0.25) is 19.2 Å². The number of rotatable bonds is 4. The Labute approximate surface area is 228 Å². The minimum Gasteiger partial charge on any atom is -0.496 e. The summed E-state index contributed by atoms with van der Waals surface area (Å²) in [4.78, 5) is 53.3. The summed E-state index contributed by atoms with van der Waals surface area (Å²) in [6.45, 7) is 1.75. The van der Waals surface area contributed by atoms with Gasteiger partial charge in [-0.2, -0.15) is 0 Å². The monoisotopic (exact) mass is 543 g/mol. The van der Waals surface area contributed by atoms with E-state index in [4.69, 9.17) is 25.8 Å². The Morgan fingerprint density at radius 2 is 1.54 bits per heavy atom. The first-order chi connectivity index (χ1) is 18.7. The number of ketones is 4. The Morgan fingerprint density at radius 3 is 2.18 bits per heavy atom. The number of benzene rings is 3. The summed E-state index contributed by atoms with van der Waals surface area (Å²) in [6, 6.07) is 13.1. The maximum atomic E-state index is 13.7. The van der Waals surface area contributed by atoms with E-state index < -0.39 is 23.1 Å². The summed E-state index contributed by atoms with van der Waals surface area (Å²) in [5.74, 6) is -1.57. The highest BCUT2D eigenvalue weighted by atomic mass is 35.5. The van der Waals surface area contributed by atoms with E-state index in [0.29, 0.717) is 28.1 Å². The summed E-state index contributed by atoms with van der Waals surface area (Å²) in [7, 11) is 2.84.